The van der Waals surface area contributed by atoms with Gasteiger partial charge in [0.25, 0.3) is 5.91 Å². The Morgan fingerprint density at radius 2 is 2.04 bits per heavy atom. The molecule has 1 N–H and O–H groups in total. The highest BCUT2D eigenvalue weighted by molar-refractivity contribution is 5.90. The molecule has 1 aromatic carbocycles. The third-order valence-corrected chi connectivity index (χ3v) is 4.33. The van der Waals surface area contributed by atoms with Gasteiger partial charge in [-0.05, 0) is 44.2 Å². The fourth-order valence-corrected chi connectivity index (χ4v) is 2.97. The molecule has 6 heteroatoms. The van der Waals surface area contributed by atoms with Gasteiger partial charge in [-0.25, -0.2) is 9.78 Å². The number of aromatic nitrogens is 2. The molecule has 1 amide bonds. The molecule has 0 unspecified atom stereocenters. The van der Waals surface area contributed by atoms with Crippen molar-refractivity contribution in [2.24, 2.45) is 0 Å². The van der Waals surface area contributed by atoms with E-state index in [1.54, 1.807) is 13.8 Å². The molecule has 0 fully saturated rings. The third-order valence-electron chi connectivity index (χ3n) is 4.33. The van der Waals surface area contributed by atoms with Crippen molar-refractivity contribution < 1.29 is 14.3 Å². The smallest absolute Gasteiger partial charge is 0.359 e. The van der Waals surface area contributed by atoms with E-state index in [9.17, 15) is 9.59 Å². The van der Waals surface area contributed by atoms with Gasteiger partial charge in [-0.2, -0.15) is 0 Å². The Morgan fingerprint density at radius 1 is 1.24 bits per heavy atom. The maximum Gasteiger partial charge on any atom is 0.359 e. The summed E-state index contributed by atoms with van der Waals surface area (Å²) >= 11 is 0. The van der Waals surface area contributed by atoms with Gasteiger partial charge in [0.1, 0.15) is 0 Å². The van der Waals surface area contributed by atoms with Crippen LogP contribution < -0.4 is 5.32 Å². The lowest BCUT2D eigenvalue weighted by atomic mass is 9.87. The van der Waals surface area contributed by atoms with Gasteiger partial charge in [-0.15, -0.1) is 0 Å². The molecule has 0 saturated carbocycles. The Morgan fingerprint density at radius 3 is 2.80 bits per heavy atom. The largest absolute Gasteiger partial charge is 0.448 e. The number of fused-ring (bicyclic) bond motifs is 1. The van der Waals surface area contributed by atoms with E-state index < -0.39 is 12.1 Å². The highest BCUT2D eigenvalue weighted by Gasteiger charge is 2.25. The fourth-order valence-electron chi connectivity index (χ4n) is 2.97. The molecule has 1 heterocycles. The lowest BCUT2D eigenvalue weighted by Crippen LogP contribution is -2.39. The van der Waals surface area contributed by atoms with Gasteiger partial charge in [-0.3, -0.25) is 9.78 Å². The summed E-state index contributed by atoms with van der Waals surface area (Å²) in [5.74, 6) is -0.964. The van der Waals surface area contributed by atoms with Crippen LogP contribution >= 0.6 is 0 Å². The predicted octanol–water partition coefficient (Wildman–Crippen LogP) is 2.52. The van der Waals surface area contributed by atoms with Crippen LogP contribution in [0.2, 0.25) is 0 Å². The second kappa shape index (κ2) is 7.42. The maximum absolute atomic E-state index is 12.4. The second-order valence-electron chi connectivity index (χ2n) is 6.24. The molecule has 3 rings (SSSR count). The molecule has 1 aliphatic carbocycles. The zero-order valence-corrected chi connectivity index (χ0v) is 14.4. The van der Waals surface area contributed by atoms with Crippen molar-refractivity contribution in [2.75, 3.05) is 0 Å². The van der Waals surface area contributed by atoms with Gasteiger partial charge in [0.2, 0.25) is 0 Å². The van der Waals surface area contributed by atoms with Gasteiger partial charge in [0.05, 0.1) is 17.9 Å². The number of aryl methyl sites for hydroxylation is 2. The summed E-state index contributed by atoms with van der Waals surface area (Å²) in [7, 11) is 0. The first-order valence-electron chi connectivity index (χ1n) is 8.42. The van der Waals surface area contributed by atoms with E-state index in [1.165, 1.54) is 18.0 Å². The van der Waals surface area contributed by atoms with Crippen molar-refractivity contribution in [2.45, 2.75) is 45.3 Å². The highest BCUT2D eigenvalue weighted by atomic mass is 16.5. The van der Waals surface area contributed by atoms with Crippen molar-refractivity contribution >= 4 is 11.9 Å². The Kier molecular flexibility index (Phi) is 5.07. The molecule has 6 nitrogen and oxygen atoms in total. The zero-order valence-electron chi connectivity index (χ0n) is 14.4. The highest BCUT2D eigenvalue weighted by Crippen LogP contribution is 2.29. The molecule has 2 aromatic rings. The number of ether oxygens (including phenoxy) is 1. The summed E-state index contributed by atoms with van der Waals surface area (Å²) in [5.41, 5.74) is 3.20. The summed E-state index contributed by atoms with van der Waals surface area (Å²) in [4.78, 5) is 32.4. The monoisotopic (exact) mass is 339 g/mol. The van der Waals surface area contributed by atoms with Crippen molar-refractivity contribution in [3.63, 3.8) is 0 Å². The summed E-state index contributed by atoms with van der Waals surface area (Å²) < 4.78 is 5.21. The Labute approximate surface area is 146 Å². The van der Waals surface area contributed by atoms with E-state index >= 15 is 0 Å². The number of carbonyl (C=O) groups is 2. The first-order chi connectivity index (χ1) is 12.0. The van der Waals surface area contributed by atoms with Crippen molar-refractivity contribution in [1.29, 1.82) is 0 Å². The van der Waals surface area contributed by atoms with Crippen molar-refractivity contribution in [1.82, 2.24) is 15.3 Å². The van der Waals surface area contributed by atoms with E-state index in [4.69, 9.17) is 4.74 Å². The van der Waals surface area contributed by atoms with Crippen LogP contribution in [-0.4, -0.2) is 27.9 Å². The standard InChI is InChI=1S/C19H21N3O3/c1-12-10-21-17(11-20-12)19(24)25-13(2)18(23)22-16-9-5-7-14-6-3-4-8-15(14)16/h3-4,6,8,10-11,13,16H,5,7,9H2,1-2H3,(H,22,23)/t13-,16-/m0/s1. The quantitative estimate of drug-likeness (QED) is 0.866. The van der Waals surface area contributed by atoms with Crippen LogP contribution in [0.1, 0.15) is 53.1 Å². The van der Waals surface area contributed by atoms with Crippen LogP contribution in [0.15, 0.2) is 36.7 Å². The number of benzene rings is 1. The van der Waals surface area contributed by atoms with Crippen LogP contribution in [0, 0.1) is 6.92 Å². The van der Waals surface area contributed by atoms with Gasteiger partial charge in [-0.1, -0.05) is 24.3 Å². The lowest BCUT2D eigenvalue weighted by Gasteiger charge is -2.27. The van der Waals surface area contributed by atoms with Crippen LogP contribution in [0.3, 0.4) is 0 Å². The molecule has 0 spiro atoms. The summed E-state index contributed by atoms with van der Waals surface area (Å²) in [5, 5.41) is 2.99. The Bertz CT molecular complexity index is 774. The molecule has 0 radical (unpaired) electrons. The minimum absolute atomic E-state index is 0.0437. The number of rotatable bonds is 4. The van der Waals surface area contributed by atoms with E-state index in [1.807, 2.05) is 18.2 Å². The normalized spacial score (nSPS) is 17.3. The molecule has 0 aliphatic heterocycles. The number of hydrogen-bond acceptors (Lipinski definition) is 5. The van der Waals surface area contributed by atoms with E-state index in [2.05, 4.69) is 21.4 Å². The first kappa shape index (κ1) is 17.1. The predicted molar refractivity (Wildman–Crippen MR) is 91.9 cm³/mol. The number of hydrogen-bond donors (Lipinski definition) is 1. The van der Waals surface area contributed by atoms with Crippen LogP contribution in [-0.2, 0) is 16.0 Å². The third kappa shape index (κ3) is 4.02. The molecular weight excluding hydrogens is 318 g/mol. The van der Waals surface area contributed by atoms with Gasteiger partial charge in [0, 0.05) is 6.20 Å². The van der Waals surface area contributed by atoms with E-state index in [-0.39, 0.29) is 17.6 Å². The number of esters is 1. The maximum atomic E-state index is 12.4. The Balaban J connectivity index is 1.62. The average Bonchev–Trinajstić information content (AvgIpc) is 2.62. The SMILES string of the molecule is Cc1cnc(C(=O)O[C@@H](C)C(=O)N[C@H]2CCCc3ccccc32)cn1. The summed E-state index contributed by atoms with van der Waals surface area (Å²) in [6.45, 7) is 3.34. The van der Waals surface area contributed by atoms with Crippen LogP contribution in [0.4, 0.5) is 0 Å². The summed E-state index contributed by atoms with van der Waals surface area (Å²) in [6.07, 6.45) is 4.87. The topological polar surface area (TPSA) is 81.2 Å². The number of carbonyl (C=O) groups excluding carboxylic acids is 2. The summed E-state index contributed by atoms with van der Waals surface area (Å²) in [6, 6.07) is 8.07. The second-order valence-corrected chi connectivity index (χ2v) is 6.24. The number of nitrogens with zero attached hydrogens (tertiary/aromatic N) is 2. The number of nitrogens with one attached hydrogen (secondary N) is 1. The van der Waals surface area contributed by atoms with E-state index in [0.717, 1.165) is 24.8 Å². The first-order valence-corrected chi connectivity index (χ1v) is 8.42. The molecule has 2 atom stereocenters. The fraction of sp³-hybridized carbons (Fsp3) is 0.368. The lowest BCUT2D eigenvalue weighted by molar-refractivity contribution is -0.130. The molecule has 130 valence electrons. The van der Waals surface area contributed by atoms with Gasteiger partial charge < -0.3 is 10.1 Å². The Hall–Kier alpha value is -2.76. The minimum atomic E-state index is -0.898. The van der Waals surface area contributed by atoms with E-state index in [0.29, 0.717) is 5.69 Å². The van der Waals surface area contributed by atoms with Crippen molar-refractivity contribution in [3.8, 4) is 0 Å². The van der Waals surface area contributed by atoms with Crippen LogP contribution in [0.5, 0.6) is 0 Å². The van der Waals surface area contributed by atoms with Crippen LogP contribution in [0.25, 0.3) is 0 Å². The minimum Gasteiger partial charge on any atom is -0.448 e. The molecule has 1 aromatic heterocycles. The molecular formula is C19H21N3O3. The molecule has 0 saturated heterocycles. The zero-order chi connectivity index (χ0) is 17.8. The molecule has 1 aliphatic rings. The molecule has 0 bridgehead atoms. The van der Waals surface area contributed by atoms with Gasteiger partial charge >= 0.3 is 5.97 Å². The molecule has 25 heavy (non-hydrogen) atoms. The average molecular weight is 339 g/mol. The number of amides is 1. The van der Waals surface area contributed by atoms with Crippen molar-refractivity contribution in [3.05, 3.63) is 59.2 Å². The van der Waals surface area contributed by atoms with Gasteiger partial charge in [0.15, 0.2) is 11.8 Å².